The lowest BCUT2D eigenvalue weighted by atomic mass is 10.0. The topological polar surface area (TPSA) is 69.6 Å². The second kappa shape index (κ2) is 10.1. The summed E-state index contributed by atoms with van der Waals surface area (Å²) < 4.78 is 8.67. The minimum absolute atomic E-state index is 0.570. The van der Waals surface area contributed by atoms with E-state index in [9.17, 15) is 0 Å². The standard InChI is InChI=1S/C36H21N5OS2/c1-2-10-33-30(9-1)40-34(42-33)27-21-32-26(20-28(27)36-39-15-17-44-36)25-19-23(35-38-14-16-43-35)11-12-31(25)41(32)24-7-5-6-22(18-24)29-8-3-4-13-37-29/h1-21H. The Morgan fingerprint density at radius 3 is 2.25 bits per heavy atom. The fourth-order valence-corrected chi connectivity index (χ4v) is 7.18. The molecule has 44 heavy (non-hydrogen) atoms. The first-order valence-electron chi connectivity index (χ1n) is 14.1. The maximum atomic E-state index is 6.35. The number of aromatic nitrogens is 5. The summed E-state index contributed by atoms with van der Waals surface area (Å²) in [6.07, 6.45) is 5.52. The predicted molar refractivity (Wildman–Crippen MR) is 179 cm³/mol. The number of rotatable bonds is 5. The summed E-state index contributed by atoms with van der Waals surface area (Å²) in [6.45, 7) is 0. The van der Waals surface area contributed by atoms with Crippen molar-refractivity contribution >= 4 is 55.6 Å². The fourth-order valence-electron chi connectivity index (χ4n) is 5.88. The number of para-hydroxylation sites is 2. The van der Waals surface area contributed by atoms with E-state index in [1.807, 2.05) is 71.8 Å². The second-order valence-electron chi connectivity index (χ2n) is 10.4. The lowest BCUT2D eigenvalue weighted by molar-refractivity contribution is 0.620. The maximum absolute atomic E-state index is 6.35. The van der Waals surface area contributed by atoms with Crippen LogP contribution in [0.1, 0.15) is 0 Å². The molecule has 0 aliphatic heterocycles. The molecule has 0 unspecified atom stereocenters. The van der Waals surface area contributed by atoms with Gasteiger partial charge in [-0.3, -0.25) is 4.98 Å². The zero-order valence-corrected chi connectivity index (χ0v) is 24.7. The van der Waals surface area contributed by atoms with Crippen LogP contribution in [0.5, 0.6) is 0 Å². The van der Waals surface area contributed by atoms with E-state index in [-0.39, 0.29) is 0 Å². The highest BCUT2D eigenvalue weighted by Gasteiger charge is 2.22. The van der Waals surface area contributed by atoms with Crippen molar-refractivity contribution in [3.63, 3.8) is 0 Å². The molecular weight excluding hydrogens is 583 g/mol. The third-order valence-electron chi connectivity index (χ3n) is 7.84. The molecule has 9 rings (SSSR count). The molecule has 4 aromatic carbocycles. The molecule has 5 aromatic heterocycles. The summed E-state index contributed by atoms with van der Waals surface area (Å²) in [7, 11) is 0. The average Bonchev–Trinajstić information content (AvgIpc) is 3.90. The Labute approximate surface area is 259 Å². The van der Waals surface area contributed by atoms with Gasteiger partial charge in [0.15, 0.2) is 5.58 Å². The molecule has 0 radical (unpaired) electrons. The van der Waals surface area contributed by atoms with Gasteiger partial charge in [0, 0.05) is 68.1 Å². The molecule has 0 aliphatic carbocycles. The van der Waals surface area contributed by atoms with Crippen molar-refractivity contribution in [2.75, 3.05) is 0 Å². The van der Waals surface area contributed by atoms with E-state index in [1.165, 1.54) is 0 Å². The third kappa shape index (κ3) is 4.07. The van der Waals surface area contributed by atoms with Crippen molar-refractivity contribution in [2.45, 2.75) is 0 Å². The summed E-state index contributed by atoms with van der Waals surface area (Å²) in [5, 5.41) is 8.18. The minimum atomic E-state index is 0.570. The molecule has 0 spiro atoms. The Bertz CT molecular complexity index is 2410. The van der Waals surface area contributed by atoms with E-state index < -0.39 is 0 Å². The number of hydrogen-bond acceptors (Lipinski definition) is 7. The van der Waals surface area contributed by atoms with Crippen molar-refractivity contribution in [1.82, 2.24) is 24.5 Å². The number of hydrogen-bond donors (Lipinski definition) is 0. The van der Waals surface area contributed by atoms with Crippen molar-refractivity contribution in [3.05, 3.63) is 126 Å². The molecular formula is C36H21N5OS2. The van der Waals surface area contributed by atoms with E-state index >= 15 is 0 Å². The van der Waals surface area contributed by atoms with Crippen LogP contribution < -0.4 is 0 Å². The van der Waals surface area contributed by atoms with Crippen LogP contribution in [-0.4, -0.2) is 24.5 Å². The highest BCUT2D eigenvalue weighted by atomic mass is 32.1. The van der Waals surface area contributed by atoms with Gasteiger partial charge >= 0.3 is 0 Å². The third-order valence-corrected chi connectivity index (χ3v) is 9.46. The summed E-state index contributed by atoms with van der Waals surface area (Å²) in [5.74, 6) is 0.570. The quantitative estimate of drug-likeness (QED) is 0.196. The Morgan fingerprint density at radius 1 is 0.591 bits per heavy atom. The molecule has 6 nitrogen and oxygen atoms in total. The highest BCUT2D eigenvalue weighted by molar-refractivity contribution is 7.13. The number of fused-ring (bicyclic) bond motifs is 4. The van der Waals surface area contributed by atoms with Gasteiger partial charge in [-0.05, 0) is 66.7 Å². The van der Waals surface area contributed by atoms with Crippen LogP contribution in [0, 0.1) is 0 Å². The molecule has 8 heteroatoms. The lowest BCUT2D eigenvalue weighted by Gasteiger charge is -2.11. The molecule has 208 valence electrons. The Hall–Kier alpha value is -5.44. The molecule has 9 aromatic rings. The van der Waals surface area contributed by atoms with Gasteiger partial charge in [0.1, 0.15) is 15.5 Å². The molecule has 0 atom stereocenters. The highest BCUT2D eigenvalue weighted by Crippen LogP contribution is 2.43. The Morgan fingerprint density at radius 2 is 1.43 bits per heavy atom. The largest absolute Gasteiger partial charge is 0.436 e. The van der Waals surface area contributed by atoms with Crippen molar-refractivity contribution < 1.29 is 4.42 Å². The molecule has 0 fully saturated rings. The van der Waals surface area contributed by atoms with Gasteiger partial charge in [-0.15, -0.1) is 22.7 Å². The van der Waals surface area contributed by atoms with Crippen LogP contribution in [0.15, 0.2) is 131 Å². The van der Waals surface area contributed by atoms with Gasteiger partial charge in [0.25, 0.3) is 0 Å². The minimum Gasteiger partial charge on any atom is -0.436 e. The monoisotopic (exact) mass is 603 g/mol. The average molecular weight is 604 g/mol. The molecule has 0 aliphatic rings. The van der Waals surface area contributed by atoms with Crippen LogP contribution in [0.3, 0.4) is 0 Å². The predicted octanol–water partition coefficient (Wildman–Crippen LogP) is 9.90. The lowest BCUT2D eigenvalue weighted by Crippen LogP contribution is -1.96. The van der Waals surface area contributed by atoms with Gasteiger partial charge in [-0.1, -0.05) is 30.3 Å². The van der Waals surface area contributed by atoms with Crippen LogP contribution in [-0.2, 0) is 0 Å². The number of nitrogens with zero attached hydrogens (tertiary/aromatic N) is 5. The maximum Gasteiger partial charge on any atom is 0.228 e. The van der Waals surface area contributed by atoms with Crippen LogP contribution >= 0.6 is 22.7 Å². The normalized spacial score (nSPS) is 11.6. The summed E-state index contributed by atoms with van der Waals surface area (Å²) in [4.78, 5) is 18.8. The molecule has 0 saturated carbocycles. The molecule has 0 bridgehead atoms. The smallest absolute Gasteiger partial charge is 0.228 e. The first-order chi connectivity index (χ1) is 21.8. The van der Waals surface area contributed by atoms with Gasteiger partial charge in [0.2, 0.25) is 5.89 Å². The van der Waals surface area contributed by atoms with Crippen molar-refractivity contribution in [3.8, 4) is 49.5 Å². The zero-order valence-electron chi connectivity index (χ0n) is 23.1. The molecule has 0 N–H and O–H groups in total. The van der Waals surface area contributed by atoms with Gasteiger partial charge in [0.05, 0.1) is 16.7 Å². The van der Waals surface area contributed by atoms with Gasteiger partial charge < -0.3 is 8.98 Å². The first kappa shape index (κ1) is 25.1. The van der Waals surface area contributed by atoms with Crippen LogP contribution in [0.2, 0.25) is 0 Å². The molecule has 0 amide bonds. The van der Waals surface area contributed by atoms with E-state index in [0.717, 1.165) is 76.6 Å². The summed E-state index contributed by atoms with van der Waals surface area (Å²) in [5.41, 5.74) is 9.72. The summed E-state index contributed by atoms with van der Waals surface area (Å²) in [6, 6.07) is 33.4. The Balaban J connectivity index is 1.37. The fraction of sp³-hybridized carbons (Fsp3) is 0. The van der Waals surface area contributed by atoms with Crippen molar-refractivity contribution in [2.24, 2.45) is 0 Å². The summed E-state index contributed by atoms with van der Waals surface area (Å²) >= 11 is 3.25. The number of pyridine rings is 1. The molecule has 0 saturated heterocycles. The van der Waals surface area contributed by atoms with Crippen molar-refractivity contribution in [1.29, 1.82) is 0 Å². The van der Waals surface area contributed by atoms with Crippen LogP contribution in [0.4, 0.5) is 0 Å². The van der Waals surface area contributed by atoms with E-state index in [1.54, 1.807) is 22.7 Å². The van der Waals surface area contributed by atoms with E-state index in [4.69, 9.17) is 14.4 Å². The Kier molecular flexibility index (Phi) is 5.75. The number of benzene rings is 4. The van der Waals surface area contributed by atoms with Gasteiger partial charge in [-0.2, -0.15) is 0 Å². The first-order valence-corrected chi connectivity index (χ1v) is 15.9. The van der Waals surface area contributed by atoms with E-state index in [0.29, 0.717) is 5.89 Å². The van der Waals surface area contributed by atoms with Gasteiger partial charge in [-0.25, -0.2) is 15.0 Å². The number of oxazole rings is 1. The van der Waals surface area contributed by atoms with Crippen LogP contribution in [0.25, 0.3) is 82.4 Å². The molecule has 5 heterocycles. The SMILES string of the molecule is c1ccc(-c2cccc(-n3c4ccc(-c5nccs5)cc4c4cc(-c5nccs5)c(-c5nc6ccccc6o5)cc43)c2)nc1. The number of thiazole rings is 2. The van der Waals surface area contributed by atoms with E-state index in [2.05, 4.69) is 69.1 Å². The second-order valence-corrected chi connectivity index (χ2v) is 12.2. The zero-order chi connectivity index (χ0) is 29.0.